The summed E-state index contributed by atoms with van der Waals surface area (Å²) < 4.78 is 5.22. The standard InChI is InChI=1S/C14H10N2O3/c1-19-14-8-3-2-5-11(14)10-6-4-7-13(16(17)18)12(10)9-15/h2-8H,1H3. The molecule has 5 heteroatoms. The summed E-state index contributed by atoms with van der Waals surface area (Å²) in [7, 11) is 1.52. The summed E-state index contributed by atoms with van der Waals surface area (Å²) in [4.78, 5) is 10.4. The van der Waals surface area contributed by atoms with Crippen LogP contribution in [0.2, 0.25) is 0 Å². The number of benzene rings is 2. The van der Waals surface area contributed by atoms with Gasteiger partial charge in [0.2, 0.25) is 0 Å². The predicted octanol–water partition coefficient (Wildman–Crippen LogP) is 3.14. The molecule has 94 valence electrons. The molecule has 0 aliphatic heterocycles. The van der Waals surface area contributed by atoms with Gasteiger partial charge in [0.1, 0.15) is 17.4 Å². The quantitative estimate of drug-likeness (QED) is 0.622. The number of ether oxygens (including phenoxy) is 1. The van der Waals surface area contributed by atoms with Crippen LogP contribution in [0.5, 0.6) is 5.75 Å². The van der Waals surface area contributed by atoms with Crippen LogP contribution in [0.3, 0.4) is 0 Å². The van der Waals surface area contributed by atoms with E-state index >= 15 is 0 Å². The molecule has 2 rings (SSSR count). The number of rotatable bonds is 3. The molecule has 0 aliphatic carbocycles. The van der Waals surface area contributed by atoms with Crippen molar-refractivity contribution in [2.45, 2.75) is 0 Å². The number of methoxy groups -OCH3 is 1. The molecule has 0 N–H and O–H groups in total. The molecule has 0 saturated heterocycles. The summed E-state index contributed by atoms with van der Waals surface area (Å²) in [6.07, 6.45) is 0. The average Bonchev–Trinajstić information content (AvgIpc) is 2.46. The first-order valence-electron chi connectivity index (χ1n) is 5.50. The van der Waals surface area contributed by atoms with Gasteiger partial charge in [0.15, 0.2) is 0 Å². The number of nitro groups is 1. The Bertz CT molecular complexity index is 675. The summed E-state index contributed by atoms with van der Waals surface area (Å²) in [6.45, 7) is 0. The number of nitrogens with zero attached hydrogens (tertiary/aromatic N) is 2. The SMILES string of the molecule is COc1ccccc1-c1cccc([N+](=O)[O-])c1C#N. The number of hydrogen-bond donors (Lipinski definition) is 0. The Balaban J connectivity index is 2.73. The lowest BCUT2D eigenvalue weighted by molar-refractivity contribution is -0.385. The van der Waals surface area contributed by atoms with E-state index in [1.54, 1.807) is 36.4 Å². The van der Waals surface area contributed by atoms with Crippen molar-refractivity contribution in [3.63, 3.8) is 0 Å². The monoisotopic (exact) mass is 254 g/mol. The van der Waals surface area contributed by atoms with Gasteiger partial charge in [0.25, 0.3) is 5.69 Å². The second-order valence-corrected chi connectivity index (χ2v) is 3.77. The molecule has 0 aromatic heterocycles. The average molecular weight is 254 g/mol. The van der Waals surface area contributed by atoms with Crippen LogP contribution in [0.15, 0.2) is 42.5 Å². The van der Waals surface area contributed by atoms with Crippen molar-refractivity contribution < 1.29 is 9.66 Å². The van der Waals surface area contributed by atoms with Crippen molar-refractivity contribution in [1.29, 1.82) is 5.26 Å². The van der Waals surface area contributed by atoms with Gasteiger partial charge in [-0.05, 0) is 6.07 Å². The number of nitriles is 1. The van der Waals surface area contributed by atoms with Crippen LogP contribution in [-0.4, -0.2) is 12.0 Å². The normalized spacial score (nSPS) is 9.68. The first-order valence-corrected chi connectivity index (χ1v) is 5.50. The molecule has 0 heterocycles. The van der Waals surface area contributed by atoms with Crippen LogP contribution >= 0.6 is 0 Å². The zero-order chi connectivity index (χ0) is 13.8. The molecule has 0 aliphatic rings. The van der Waals surface area contributed by atoms with E-state index in [4.69, 9.17) is 4.74 Å². The minimum atomic E-state index is -0.558. The van der Waals surface area contributed by atoms with Gasteiger partial charge in [-0.1, -0.05) is 30.3 Å². The lowest BCUT2D eigenvalue weighted by atomic mass is 9.98. The first kappa shape index (κ1) is 12.6. The van der Waals surface area contributed by atoms with Crippen molar-refractivity contribution >= 4 is 5.69 Å². The van der Waals surface area contributed by atoms with E-state index in [1.165, 1.54) is 13.2 Å². The van der Waals surface area contributed by atoms with E-state index < -0.39 is 4.92 Å². The summed E-state index contributed by atoms with van der Waals surface area (Å²) in [5, 5.41) is 20.1. The van der Waals surface area contributed by atoms with E-state index in [9.17, 15) is 15.4 Å². The van der Waals surface area contributed by atoms with Gasteiger partial charge >= 0.3 is 0 Å². The smallest absolute Gasteiger partial charge is 0.287 e. The highest BCUT2D eigenvalue weighted by molar-refractivity contribution is 5.79. The summed E-state index contributed by atoms with van der Waals surface area (Å²) in [5.74, 6) is 0.569. The molecule has 0 fully saturated rings. The number of para-hydroxylation sites is 1. The fourth-order valence-corrected chi connectivity index (χ4v) is 1.90. The van der Waals surface area contributed by atoms with Crippen molar-refractivity contribution in [1.82, 2.24) is 0 Å². The highest BCUT2D eigenvalue weighted by Gasteiger charge is 2.19. The van der Waals surface area contributed by atoms with Crippen molar-refractivity contribution in [2.75, 3.05) is 7.11 Å². The third-order valence-corrected chi connectivity index (χ3v) is 2.75. The molecule has 0 unspecified atom stereocenters. The van der Waals surface area contributed by atoms with Crippen LogP contribution < -0.4 is 4.74 Å². The molecular weight excluding hydrogens is 244 g/mol. The zero-order valence-electron chi connectivity index (χ0n) is 10.2. The maximum Gasteiger partial charge on any atom is 0.287 e. The van der Waals surface area contributed by atoms with Crippen molar-refractivity contribution in [3.05, 3.63) is 58.1 Å². The molecule has 5 nitrogen and oxygen atoms in total. The largest absolute Gasteiger partial charge is 0.496 e. The lowest BCUT2D eigenvalue weighted by Gasteiger charge is -2.09. The van der Waals surface area contributed by atoms with Crippen LogP contribution in [0, 0.1) is 21.4 Å². The fraction of sp³-hybridized carbons (Fsp3) is 0.0714. The molecule has 0 amide bonds. The van der Waals surface area contributed by atoms with Crippen molar-refractivity contribution in [3.8, 4) is 22.9 Å². The molecule has 0 atom stereocenters. The van der Waals surface area contributed by atoms with Crippen molar-refractivity contribution in [2.24, 2.45) is 0 Å². The number of nitro benzene ring substituents is 1. The Labute approximate surface area is 109 Å². The highest BCUT2D eigenvalue weighted by Crippen LogP contribution is 2.35. The summed E-state index contributed by atoms with van der Waals surface area (Å²) >= 11 is 0. The molecule has 0 saturated carbocycles. The third-order valence-electron chi connectivity index (χ3n) is 2.75. The predicted molar refractivity (Wildman–Crippen MR) is 69.8 cm³/mol. The maximum absolute atomic E-state index is 10.9. The van der Waals surface area contributed by atoms with Crippen LogP contribution in [0.4, 0.5) is 5.69 Å². The molecule has 2 aromatic carbocycles. The van der Waals surface area contributed by atoms with Gasteiger partial charge in [-0.25, -0.2) is 0 Å². The molecule has 0 spiro atoms. The van der Waals surface area contributed by atoms with E-state index in [1.807, 2.05) is 6.07 Å². The minimum absolute atomic E-state index is 0.0389. The third kappa shape index (κ3) is 2.24. The maximum atomic E-state index is 10.9. The molecule has 19 heavy (non-hydrogen) atoms. The number of hydrogen-bond acceptors (Lipinski definition) is 4. The Morgan fingerprint density at radius 2 is 1.84 bits per heavy atom. The van der Waals surface area contributed by atoms with Gasteiger partial charge in [0, 0.05) is 17.2 Å². The van der Waals surface area contributed by atoms with Gasteiger partial charge in [-0.15, -0.1) is 0 Å². The van der Waals surface area contributed by atoms with E-state index in [2.05, 4.69) is 0 Å². The Morgan fingerprint density at radius 3 is 2.47 bits per heavy atom. The molecule has 0 bridgehead atoms. The highest BCUT2D eigenvalue weighted by atomic mass is 16.6. The molecule has 2 aromatic rings. The molecule has 0 radical (unpaired) electrons. The van der Waals surface area contributed by atoms with Crippen LogP contribution in [-0.2, 0) is 0 Å². The Morgan fingerprint density at radius 1 is 1.16 bits per heavy atom. The van der Waals surface area contributed by atoms with Gasteiger partial charge in [0.05, 0.1) is 12.0 Å². The van der Waals surface area contributed by atoms with E-state index in [0.717, 1.165) is 0 Å². The van der Waals surface area contributed by atoms with Gasteiger partial charge in [-0.3, -0.25) is 10.1 Å². The first-order chi connectivity index (χ1) is 9.19. The van der Waals surface area contributed by atoms with Gasteiger partial charge in [-0.2, -0.15) is 5.26 Å². The van der Waals surface area contributed by atoms with Crippen LogP contribution in [0.25, 0.3) is 11.1 Å². The Kier molecular flexibility index (Phi) is 3.44. The minimum Gasteiger partial charge on any atom is -0.496 e. The lowest BCUT2D eigenvalue weighted by Crippen LogP contribution is -1.96. The summed E-state index contributed by atoms with van der Waals surface area (Å²) in [6, 6.07) is 13.5. The van der Waals surface area contributed by atoms with E-state index in [0.29, 0.717) is 16.9 Å². The molecular formula is C14H10N2O3. The fourth-order valence-electron chi connectivity index (χ4n) is 1.90. The zero-order valence-corrected chi connectivity index (χ0v) is 10.2. The Hall–Kier alpha value is -2.87. The second kappa shape index (κ2) is 5.19. The topological polar surface area (TPSA) is 76.2 Å². The summed E-state index contributed by atoms with van der Waals surface area (Å²) in [5.41, 5.74) is 0.988. The van der Waals surface area contributed by atoms with Gasteiger partial charge < -0.3 is 4.74 Å². The van der Waals surface area contributed by atoms with E-state index in [-0.39, 0.29) is 11.3 Å². The van der Waals surface area contributed by atoms with Crippen LogP contribution in [0.1, 0.15) is 5.56 Å². The second-order valence-electron chi connectivity index (χ2n) is 3.77.